The Kier molecular flexibility index (Phi) is 8.08. The summed E-state index contributed by atoms with van der Waals surface area (Å²) in [4.78, 5) is 30.3. The van der Waals surface area contributed by atoms with E-state index in [1.165, 1.54) is 0 Å². The number of nitrogens with one attached hydrogen (secondary N) is 2. The zero-order chi connectivity index (χ0) is 23.9. The molecule has 3 heterocycles. The highest BCUT2D eigenvalue weighted by Gasteiger charge is 2.20. The summed E-state index contributed by atoms with van der Waals surface area (Å²) < 4.78 is 8.55. The third kappa shape index (κ3) is 5.72. The second-order valence-electron chi connectivity index (χ2n) is 7.79. The third-order valence-corrected chi connectivity index (χ3v) is 6.10. The SMILES string of the molecule is CN(CCNI)c1ccc(-c2cnc(N)c(C(=O)Nc3cnccc3N3CCOCC3)n2)cc1. The van der Waals surface area contributed by atoms with Crippen LogP contribution in [0, 0.1) is 0 Å². The van der Waals surface area contributed by atoms with Crippen LogP contribution in [0.2, 0.25) is 0 Å². The van der Waals surface area contributed by atoms with Crippen LogP contribution in [0.5, 0.6) is 0 Å². The number of hydrogen-bond donors (Lipinski definition) is 3. The summed E-state index contributed by atoms with van der Waals surface area (Å²) >= 11 is 2.14. The maximum atomic E-state index is 13.1. The molecule has 34 heavy (non-hydrogen) atoms. The van der Waals surface area contributed by atoms with Gasteiger partial charge in [0.25, 0.3) is 5.91 Å². The van der Waals surface area contributed by atoms with E-state index in [4.69, 9.17) is 10.5 Å². The Morgan fingerprint density at radius 2 is 1.97 bits per heavy atom. The van der Waals surface area contributed by atoms with Crippen molar-refractivity contribution in [2.75, 3.05) is 67.3 Å². The zero-order valence-electron chi connectivity index (χ0n) is 18.9. The van der Waals surface area contributed by atoms with Gasteiger partial charge in [-0.2, -0.15) is 0 Å². The minimum absolute atomic E-state index is 0.0701. The van der Waals surface area contributed by atoms with E-state index in [9.17, 15) is 4.79 Å². The predicted molar refractivity (Wildman–Crippen MR) is 142 cm³/mol. The van der Waals surface area contributed by atoms with Crippen LogP contribution in [-0.2, 0) is 4.74 Å². The van der Waals surface area contributed by atoms with E-state index in [-0.39, 0.29) is 11.5 Å². The largest absolute Gasteiger partial charge is 0.382 e. The van der Waals surface area contributed by atoms with Gasteiger partial charge in [-0.15, -0.1) is 0 Å². The fourth-order valence-corrected chi connectivity index (χ4v) is 3.92. The number of nitrogen functional groups attached to an aromatic ring is 1. The Morgan fingerprint density at radius 3 is 2.71 bits per heavy atom. The van der Waals surface area contributed by atoms with Crippen LogP contribution in [0.4, 0.5) is 22.9 Å². The van der Waals surface area contributed by atoms with Gasteiger partial charge in [-0.1, -0.05) is 12.1 Å². The molecule has 0 unspecified atom stereocenters. The Morgan fingerprint density at radius 1 is 1.21 bits per heavy atom. The van der Waals surface area contributed by atoms with Crippen LogP contribution in [0.3, 0.4) is 0 Å². The lowest BCUT2D eigenvalue weighted by Gasteiger charge is -2.30. The highest BCUT2D eigenvalue weighted by molar-refractivity contribution is 14.1. The molecular weight excluding hydrogens is 547 g/mol. The van der Waals surface area contributed by atoms with Gasteiger partial charge < -0.3 is 25.6 Å². The molecule has 1 aromatic carbocycles. The Hall–Kier alpha value is -3.03. The van der Waals surface area contributed by atoms with Crippen molar-refractivity contribution in [2.45, 2.75) is 0 Å². The first-order valence-corrected chi connectivity index (χ1v) is 12.0. The molecule has 0 saturated carbocycles. The van der Waals surface area contributed by atoms with E-state index in [0.29, 0.717) is 24.6 Å². The summed E-state index contributed by atoms with van der Waals surface area (Å²) in [5.41, 5.74) is 10.1. The molecule has 0 atom stereocenters. The summed E-state index contributed by atoms with van der Waals surface area (Å²) in [6.07, 6.45) is 4.90. The molecule has 4 N–H and O–H groups in total. The Bertz CT molecular complexity index is 1120. The third-order valence-electron chi connectivity index (χ3n) is 5.56. The number of rotatable bonds is 8. The first-order valence-electron chi connectivity index (χ1n) is 10.9. The van der Waals surface area contributed by atoms with Crippen LogP contribution in [0.15, 0.2) is 48.9 Å². The van der Waals surface area contributed by atoms with Gasteiger partial charge in [-0.3, -0.25) is 13.3 Å². The first kappa shape index (κ1) is 24.1. The summed E-state index contributed by atoms with van der Waals surface area (Å²) in [6.45, 7) is 4.52. The van der Waals surface area contributed by atoms with Gasteiger partial charge in [0, 0.05) is 73.5 Å². The number of carbonyl (C=O) groups is 1. The maximum absolute atomic E-state index is 13.1. The van der Waals surface area contributed by atoms with Crippen LogP contribution >= 0.6 is 22.9 Å². The van der Waals surface area contributed by atoms with Gasteiger partial charge >= 0.3 is 0 Å². The molecule has 4 rings (SSSR count). The second kappa shape index (κ2) is 11.4. The van der Waals surface area contributed by atoms with Crippen molar-refractivity contribution < 1.29 is 9.53 Å². The average molecular weight is 574 g/mol. The summed E-state index contributed by atoms with van der Waals surface area (Å²) in [5.74, 6) is -0.363. The number of aromatic nitrogens is 3. The topological polar surface area (TPSA) is 122 Å². The lowest BCUT2D eigenvalue weighted by molar-refractivity contribution is 0.102. The lowest BCUT2D eigenvalue weighted by Crippen LogP contribution is -2.36. The molecule has 0 radical (unpaired) electrons. The highest BCUT2D eigenvalue weighted by atomic mass is 127. The fraction of sp³-hybridized carbons (Fsp3) is 0.304. The van der Waals surface area contributed by atoms with Crippen molar-refractivity contribution in [3.8, 4) is 11.3 Å². The van der Waals surface area contributed by atoms with Gasteiger partial charge in [0.15, 0.2) is 11.5 Å². The van der Waals surface area contributed by atoms with E-state index in [0.717, 1.165) is 43.1 Å². The maximum Gasteiger partial charge on any atom is 0.278 e. The molecule has 0 spiro atoms. The number of ether oxygens (including phenoxy) is 1. The number of anilines is 4. The normalized spacial score (nSPS) is 13.5. The van der Waals surface area contributed by atoms with Crippen molar-refractivity contribution in [3.05, 3.63) is 54.6 Å². The zero-order valence-corrected chi connectivity index (χ0v) is 21.0. The van der Waals surface area contributed by atoms with Crippen molar-refractivity contribution in [3.63, 3.8) is 0 Å². The number of amides is 1. The molecule has 11 heteroatoms. The van der Waals surface area contributed by atoms with E-state index < -0.39 is 5.91 Å². The van der Waals surface area contributed by atoms with Crippen LogP contribution in [0.25, 0.3) is 11.3 Å². The molecule has 3 aromatic rings. The van der Waals surface area contributed by atoms with Crippen LogP contribution in [-0.4, -0.2) is 67.3 Å². The molecule has 0 aliphatic carbocycles. The highest BCUT2D eigenvalue weighted by Crippen LogP contribution is 2.27. The standard InChI is InChI=1S/C23H27IN8O2/c1-31(9-8-28-24)17-4-2-16(3-5-17)18-15-27-22(25)21(29-18)23(33)30-19-14-26-7-6-20(19)32-10-12-34-13-11-32/h2-7,14-15,28H,8-13H2,1H3,(H2,25,27)(H,30,33). The monoisotopic (exact) mass is 574 g/mol. The average Bonchev–Trinajstić information content (AvgIpc) is 2.88. The molecule has 1 aliphatic rings. The smallest absolute Gasteiger partial charge is 0.278 e. The number of hydrogen-bond acceptors (Lipinski definition) is 9. The van der Waals surface area contributed by atoms with Crippen molar-refractivity contribution in [2.24, 2.45) is 0 Å². The molecule has 1 fully saturated rings. The van der Waals surface area contributed by atoms with E-state index in [2.05, 4.69) is 56.5 Å². The number of carbonyl (C=O) groups excluding carboxylic acids is 1. The molecular formula is C23H27IN8O2. The summed E-state index contributed by atoms with van der Waals surface area (Å²) in [7, 11) is 2.04. The summed E-state index contributed by atoms with van der Waals surface area (Å²) in [6, 6.07) is 9.84. The molecule has 10 nitrogen and oxygen atoms in total. The van der Waals surface area contributed by atoms with Crippen molar-refractivity contribution >= 4 is 51.7 Å². The molecule has 2 aromatic heterocycles. The van der Waals surface area contributed by atoms with E-state index in [1.807, 2.05) is 37.4 Å². The molecule has 1 saturated heterocycles. The van der Waals surface area contributed by atoms with E-state index >= 15 is 0 Å². The predicted octanol–water partition coefficient (Wildman–Crippen LogP) is 2.59. The number of nitrogens with two attached hydrogens (primary N) is 1. The Balaban J connectivity index is 1.53. The number of nitrogens with zero attached hydrogens (tertiary/aromatic N) is 5. The number of benzene rings is 1. The number of pyridine rings is 1. The Labute approximate surface area is 212 Å². The minimum Gasteiger partial charge on any atom is -0.382 e. The van der Waals surface area contributed by atoms with Crippen molar-refractivity contribution in [1.29, 1.82) is 0 Å². The second-order valence-corrected chi connectivity index (χ2v) is 8.55. The lowest BCUT2D eigenvalue weighted by atomic mass is 10.1. The first-order chi connectivity index (χ1) is 16.6. The molecule has 0 bridgehead atoms. The fourth-order valence-electron chi connectivity index (χ4n) is 3.68. The summed E-state index contributed by atoms with van der Waals surface area (Å²) in [5, 5.41) is 2.91. The minimum atomic E-state index is -0.433. The quantitative estimate of drug-likeness (QED) is 0.275. The van der Waals surface area contributed by atoms with Gasteiger partial charge in [0.1, 0.15) is 0 Å². The van der Waals surface area contributed by atoms with Gasteiger partial charge in [-0.05, 0) is 18.2 Å². The van der Waals surface area contributed by atoms with Gasteiger partial charge in [-0.25, -0.2) is 9.97 Å². The number of halogens is 1. The van der Waals surface area contributed by atoms with Crippen LogP contribution < -0.4 is 24.4 Å². The number of likely N-dealkylation sites (N-methyl/N-ethyl adjacent to an activating group) is 1. The molecule has 178 valence electrons. The van der Waals surface area contributed by atoms with Gasteiger partial charge in [0.05, 0.1) is 42.7 Å². The van der Waals surface area contributed by atoms with E-state index in [1.54, 1.807) is 18.6 Å². The van der Waals surface area contributed by atoms with Crippen LogP contribution in [0.1, 0.15) is 10.5 Å². The molecule has 1 aliphatic heterocycles. The van der Waals surface area contributed by atoms with Crippen molar-refractivity contribution in [1.82, 2.24) is 18.5 Å². The van der Waals surface area contributed by atoms with Gasteiger partial charge in [0.2, 0.25) is 0 Å². The number of morpholine rings is 1. The molecule has 1 amide bonds.